The van der Waals surface area contributed by atoms with Crippen LogP contribution in [0.5, 0.6) is 0 Å². The Hall–Kier alpha value is -0.0400. The second-order valence-electron chi connectivity index (χ2n) is 6.53. The smallest absolute Gasteiger partial charge is 0.00185 e. The molecule has 1 nitrogen and oxygen atoms in total. The van der Waals surface area contributed by atoms with Crippen LogP contribution in [-0.4, -0.2) is 13.6 Å². The zero-order valence-corrected chi connectivity index (χ0v) is 12.9. The van der Waals surface area contributed by atoms with Crippen LogP contribution in [0.25, 0.3) is 0 Å². The minimum absolute atomic E-state index is 0.450. The average molecular weight is 241 g/mol. The van der Waals surface area contributed by atoms with Gasteiger partial charge in [0, 0.05) is 0 Å². The number of unbranched alkanes of at least 4 members (excludes halogenated alkanes) is 6. The summed E-state index contributed by atoms with van der Waals surface area (Å²) in [5, 5.41) is 3.34. The van der Waals surface area contributed by atoms with E-state index in [1.165, 1.54) is 57.9 Å². The molecule has 0 saturated heterocycles. The van der Waals surface area contributed by atoms with Crippen LogP contribution in [-0.2, 0) is 0 Å². The van der Waals surface area contributed by atoms with E-state index in [-0.39, 0.29) is 0 Å². The molecule has 0 rings (SSSR count). The van der Waals surface area contributed by atoms with Gasteiger partial charge in [-0.1, -0.05) is 72.6 Å². The van der Waals surface area contributed by atoms with E-state index in [0.717, 1.165) is 5.92 Å². The third-order valence-electron chi connectivity index (χ3n) is 3.83. The van der Waals surface area contributed by atoms with Gasteiger partial charge in [-0.3, -0.25) is 0 Å². The van der Waals surface area contributed by atoms with Crippen LogP contribution < -0.4 is 5.32 Å². The van der Waals surface area contributed by atoms with Gasteiger partial charge in [-0.15, -0.1) is 0 Å². The number of nitrogens with one attached hydrogen (secondary N) is 1. The highest BCUT2D eigenvalue weighted by atomic mass is 14.8. The van der Waals surface area contributed by atoms with Gasteiger partial charge in [-0.05, 0) is 31.3 Å². The molecule has 0 aliphatic rings. The number of hydrogen-bond donors (Lipinski definition) is 1. The van der Waals surface area contributed by atoms with E-state index < -0.39 is 0 Å². The Bertz CT molecular complexity index is 157. The minimum Gasteiger partial charge on any atom is -0.319 e. The van der Waals surface area contributed by atoms with Crippen molar-refractivity contribution in [2.45, 2.75) is 79.1 Å². The predicted molar refractivity (Wildman–Crippen MR) is 79.5 cm³/mol. The number of rotatable bonds is 10. The van der Waals surface area contributed by atoms with E-state index in [0.29, 0.717) is 5.41 Å². The summed E-state index contributed by atoms with van der Waals surface area (Å²) in [7, 11) is 2.07. The van der Waals surface area contributed by atoms with E-state index >= 15 is 0 Å². The van der Waals surface area contributed by atoms with Crippen LogP contribution in [0, 0.1) is 11.3 Å². The second-order valence-corrected chi connectivity index (χ2v) is 6.53. The van der Waals surface area contributed by atoms with Crippen molar-refractivity contribution < 1.29 is 0 Å². The SMILES string of the molecule is CCCCCCCCCC(CNC)C(C)(C)C. The summed E-state index contributed by atoms with van der Waals surface area (Å²) in [6.45, 7) is 10.6. The first kappa shape index (κ1) is 17.0. The molecule has 0 aliphatic heterocycles. The summed E-state index contributed by atoms with van der Waals surface area (Å²) in [6.07, 6.45) is 11.3. The molecule has 0 fully saturated rings. The fraction of sp³-hybridized carbons (Fsp3) is 1.00. The normalized spacial score (nSPS) is 13.9. The van der Waals surface area contributed by atoms with Crippen molar-refractivity contribution in [2.24, 2.45) is 11.3 Å². The quantitative estimate of drug-likeness (QED) is 0.530. The second kappa shape index (κ2) is 9.94. The predicted octanol–water partition coefficient (Wildman–Crippen LogP) is 5.01. The van der Waals surface area contributed by atoms with Gasteiger partial charge in [-0.25, -0.2) is 0 Å². The van der Waals surface area contributed by atoms with Gasteiger partial charge in [0.25, 0.3) is 0 Å². The van der Waals surface area contributed by atoms with E-state index in [2.05, 4.69) is 40.1 Å². The third-order valence-corrected chi connectivity index (χ3v) is 3.83. The van der Waals surface area contributed by atoms with Crippen molar-refractivity contribution in [3.8, 4) is 0 Å². The molecule has 0 aromatic heterocycles. The van der Waals surface area contributed by atoms with Crippen LogP contribution in [0.15, 0.2) is 0 Å². The van der Waals surface area contributed by atoms with Crippen molar-refractivity contribution in [1.82, 2.24) is 5.32 Å². The Morgan fingerprint density at radius 2 is 1.41 bits per heavy atom. The molecule has 104 valence electrons. The van der Waals surface area contributed by atoms with E-state index in [4.69, 9.17) is 0 Å². The molecule has 1 heteroatoms. The summed E-state index contributed by atoms with van der Waals surface area (Å²) in [4.78, 5) is 0. The Kier molecular flexibility index (Phi) is 9.91. The Balaban J connectivity index is 3.55. The average Bonchev–Trinajstić information content (AvgIpc) is 2.25. The molecule has 0 radical (unpaired) electrons. The summed E-state index contributed by atoms with van der Waals surface area (Å²) in [5.74, 6) is 0.822. The maximum Gasteiger partial charge on any atom is -0.00185 e. The van der Waals surface area contributed by atoms with Gasteiger partial charge in [0.2, 0.25) is 0 Å². The molecule has 0 saturated carbocycles. The van der Waals surface area contributed by atoms with Crippen molar-refractivity contribution in [3.63, 3.8) is 0 Å². The highest BCUT2D eigenvalue weighted by Gasteiger charge is 2.22. The van der Waals surface area contributed by atoms with Gasteiger partial charge >= 0.3 is 0 Å². The Morgan fingerprint density at radius 1 is 0.882 bits per heavy atom. The van der Waals surface area contributed by atoms with Crippen molar-refractivity contribution >= 4 is 0 Å². The topological polar surface area (TPSA) is 12.0 Å². The van der Waals surface area contributed by atoms with Gasteiger partial charge < -0.3 is 5.32 Å². The maximum atomic E-state index is 3.34. The highest BCUT2D eigenvalue weighted by Crippen LogP contribution is 2.29. The molecular formula is C16H35N. The zero-order valence-electron chi connectivity index (χ0n) is 12.9. The van der Waals surface area contributed by atoms with Gasteiger partial charge in [0.1, 0.15) is 0 Å². The Labute approximate surface area is 110 Å². The lowest BCUT2D eigenvalue weighted by Gasteiger charge is -2.30. The standard InChI is InChI=1S/C16H35N/c1-6-7-8-9-10-11-12-13-15(14-17-5)16(2,3)4/h15,17H,6-14H2,1-5H3. The molecule has 0 aliphatic carbocycles. The monoisotopic (exact) mass is 241 g/mol. The lowest BCUT2D eigenvalue weighted by molar-refractivity contribution is 0.216. The summed E-state index contributed by atoms with van der Waals surface area (Å²) < 4.78 is 0. The molecule has 0 aromatic carbocycles. The van der Waals surface area contributed by atoms with E-state index in [1.807, 2.05) is 0 Å². The van der Waals surface area contributed by atoms with Crippen LogP contribution in [0.1, 0.15) is 79.1 Å². The first-order valence-electron chi connectivity index (χ1n) is 7.67. The van der Waals surface area contributed by atoms with Crippen molar-refractivity contribution in [1.29, 1.82) is 0 Å². The molecule has 0 heterocycles. The molecule has 0 amide bonds. The van der Waals surface area contributed by atoms with Crippen LogP contribution in [0.2, 0.25) is 0 Å². The third kappa shape index (κ3) is 9.64. The lowest BCUT2D eigenvalue weighted by Crippen LogP contribution is -2.30. The van der Waals surface area contributed by atoms with Crippen molar-refractivity contribution in [2.75, 3.05) is 13.6 Å². The Morgan fingerprint density at radius 3 is 1.88 bits per heavy atom. The first-order chi connectivity index (χ1) is 8.02. The van der Waals surface area contributed by atoms with Crippen LogP contribution >= 0.6 is 0 Å². The highest BCUT2D eigenvalue weighted by molar-refractivity contribution is 4.75. The van der Waals surface area contributed by atoms with E-state index in [1.54, 1.807) is 0 Å². The van der Waals surface area contributed by atoms with E-state index in [9.17, 15) is 0 Å². The summed E-state index contributed by atoms with van der Waals surface area (Å²) >= 11 is 0. The number of hydrogen-bond acceptors (Lipinski definition) is 1. The van der Waals surface area contributed by atoms with Crippen LogP contribution in [0.3, 0.4) is 0 Å². The molecule has 0 aromatic rings. The molecule has 1 N–H and O–H groups in total. The summed E-state index contributed by atoms with van der Waals surface area (Å²) in [6, 6.07) is 0. The minimum atomic E-state index is 0.450. The fourth-order valence-electron chi connectivity index (χ4n) is 2.44. The molecular weight excluding hydrogens is 206 g/mol. The zero-order chi connectivity index (χ0) is 13.1. The first-order valence-corrected chi connectivity index (χ1v) is 7.67. The van der Waals surface area contributed by atoms with Crippen molar-refractivity contribution in [3.05, 3.63) is 0 Å². The molecule has 1 unspecified atom stereocenters. The molecule has 17 heavy (non-hydrogen) atoms. The summed E-state index contributed by atoms with van der Waals surface area (Å²) in [5.41, 5.74) is 0.450. The van der Waals surface area contributed by atoms with Gasteiger partial charge in [-0.2, -0.15) is 0 Å². The van der Waals surface area contributed by atoms with Gasteiger partial charge in [0.15, 0.2) is 0 Å². The fourth-order valence-corrected chi connectivity index (χ4v) is 2.44. The molecule has 1 atom stereocenters. The maximum absolute atomic E-state index is 3.34. The van der Waals surface area contributed by atoms with Crippen LogP contribution in [0.4, 0.5) is 0 Å². The largest absolute Gasteiger partial charge is 0.319 e. The molecule has 0 spiro atoms. The molecule has 0 bridgehead atoms. The lowest BCUT2D eigenvalue weighted by atomic mass is 9.77. The van der Waals surface area contributed by atoms with Gasteiger partial charge in [0.05, 0.1) is 0 Å².